The maximum Gasteiger partial charge on any atom is 0.193 e. The fourth-order valence-electron chi connectivity index (χ4n) is 3.98. The number of piperazine rings is 1. The first-order valence-electron chi connectivity index (χ1n) is 10.4. The predicted octanol–water partition coefficient (Wildman–Crippen LogP) is 2.27. The lowest BCUT2D eigenvalue weighted by atomic mass is 10.2. The van der Waals surface area contributed by atoms with Crippen molar-refractivity contribution in [2.24, 2.45) is 4.99 Å². The Labute approximate surface area is 164 Å². The fraction of sp³-hybridized carbons (Fsp3) is 0.667. The van der Waals surface area contributed by atoms with E-state index in [1.54, 1.807) is 7.11 Å². The number of nitrogens with zero attached hydrogens (tertiary/aromatic N) is 4. The van der Waals surface area contributed by atoms with Crippen LogP contribution < -0.4 is 15.0 Å². The molecule has 0 bridgehead atoms. The average Bonchev–Trinajstić information content (AvgIpc) is 3.24. The molecule has 0 radical (unpaired) electrons. The van der Waals surface area contributed by atoms with Crippen molar-refractivity contribution in [2.45, 2.75) is 25.7 Å². The molecule has 2 aliphatic heterocycles. The predicted molar refractivity (Wildman–Crippen MR) is 113 cm³/mol. The average molecular weight is 374 g/mol. The molecule has 0 aromatic heterocycles. The van der Waals surface area contributed by atoms with Crippen molar-refractivity contribution in [2.75, 3.05) is 71.4 Å². The van der Waals surface area contributed by atoms with Gasteiger partial charge >= 0.3 is 0 Å². The third-order valence-corrected chi connectivity index (χ3v) is 5.59. The largest absolute Gasteiger partial charge is 0.497 e. The molecular weight excluding hydrogens is 338 g/mol. The maximum atomic E-state index is 5.35. The van der Waals surface area contributed by atoms with E-state index in [1.807, 2.05) is 13.1 Å². The van der Waals surface area contributed by atoms with Gasteiger partial charge in [-0.05, 0) is 57.5 Å². The van der Waals surface area contributed by atoms with Crippen molar-refractivity contribution >= 4 is 11.6 Å². The summed E-state index contributed by atoms with van der Waals surface area (Å²) in [6, 6.07) is 8.33. The molecule has 1 aromatic carbocycles. The van der Waals surface area contributed by atoms with Crippen molar-refractivity contribution in [3.05, 3.63) is 24.3 Å². The van der Waals surface area contributed by atoms with Gasteiger partial charge in [-0.25, -0.2) is 0 Å². The second kappa shape index (κ2) is 10.4. The first kappa shape index (κ1) is 19.8. The van der Waals surface area contributed by atoms with Gasteiger partial charge in [-0.2, -0.15) is 0 Å². The van der Waals surface area contributed by atoms with Gasteiger partial charge in [-0.1, -0.05) is 6.07 Å². The highest BCUT2D eigenvalue weighted by molar-refractivity contribution is 5.80. The van der Waals surface area contributed by atoms with Gasteiger partial charge in [-0.3, -0.25) is 4.99 Å². The number of hydrogen-bond donors (Lipinski definition) is 1. The van der Waals surface area contributed by atoms with Gasteiger partial charge in [0.1, 0.15) is 5.75 Å². The third kappa shape index (κ3) is 5.76. The lowest BCUT2D eigenvalue weighted by Crippen LogP contribution is -2.52. The van der Waals surface area contributed by atoms with E-state index in [-0.39, 0.29) is 0 Å². The van der Waals surface area contributed by atoms with E-state index in [0.717, 1.165) is 44.4 Å². The zero-order valence-electron chi connectivity index (χ0n) is 17.0. The number of anilines is 1. The number of hydrogen-bond acceptors (Lipinski definition) is 4. The third-order valence-electron chi connectivity index (χ3n) is 5.59. The second-order valence-electron chi connectivity index (χ2n) is 7.41. The standard InChI is InChI=1S/C21H35N5O/c1-22-21(23-10-3-4-11-24-12-5-6-13-24)26-16-14-25(15-17-26)19-8-7-9-20(18-19)27-2/h7-9,18H,3-6,10-17H2,1-2H3,(H,22,23). The Bertz CT molecular complexity index is 592. The van der Waals surface area contributed by atoms with Crippen LogP contribution in [0, 0.1) is 0 Å². The Morgan fingerprint density at radius 2 is 1.85 bits per heavy atom. The molecule has 0 saturated carbocycles. The molecule has 6 heteroatoms. The zero-order chi connectivity index (χ0) is 18.9. The van der Waals surface area contributed by atoms with Gasteiger partial charge in [0.2, 0.25) is 0 Å². The highest BCUT2D eigenvalue weighted by Gasteiger charge is 2.20. The molecule has 0 spiro atoms. The van der Waals surface area contributed by atoms with Crippen LogP contribution in [0.5, 0.6) is 5.75 Å². The van der Waals surface area contributed by atoms with E-state index in [2.05, 4.69) is 43.2 Å². The fourth-order valence-corrected chi connectivity index (χ4v) is 3.98. The lowest BCUT2D eigenvalue weighted by molar-refractivity contribution is 0.329. The van der Waals surface area contributed by atoms with Crippen LogP contribution in [-0.2, 0) is 0 Å². The molecule has 27 heavy (non-hydrogen) atoms. The van der Waals surface area contributed by atoms with E-state index in [4.69, 9.17) is 4.74 Å². The van der Waals surface area contributed by atoms with Gasteiger partial charge < -0.3 is 24.8 Å². The minimum absolute atomic E-state index is 0.918. The first-order valence-corrected chi connectivity index (χ1v) is 10.4. The molecule has 0 atom stereocenters. The Morgan fingerprint density at radius 3 is 2.56 bits per heavy atom. The normalized spacial score (nSPS) is 18.8. The van der Waals surface area contributed by atoms with E-state index in [0.29, 0.717) is 0 Å². The van der Waals surface area contributed by atoms with Crippen molar-refractivity contribution in [1.82, 2.24) is 15.1 Å². The number of aliphatic imine (C=N–C) groups is 1. The molecule has 2 saturated heterocycles. The highest BCUT2D eigenvalue weighted by Crippen LogP contribution is 2.22. The summed E-state index contributed by atoms with van der Waals surface area (Å²) in [5.74, 6) is 1.96. The highest BCUT2D eigenvalue weighted by atomic mass is 16.5. The number of nitrogens with one attached hydrogen (secondary N) is 1. The summed E-state index contributed by atoms with van der Waals surface area (Å²) in [5, 5.41) is 3.56. The molecule has 2 fully saturated rings. The molecule has 2 aliphatic rings. The number of unbranched alkanes of at least 4 members (excludes halogenated alkanes) is 1. The van der Waals surface area contributed by atoms with Crippen LogP contribution >= 0.6 is 0 Å². The van der Waals surface area contributed by atoms with Gasteiger partial charge in [0.25, 0.3) is 0 Å². The lowest BCUT2D eigenvalue weighted by Gasteiger charge is -2.37. The van der Waals surface area contributed by atoms with Crippen molar-refractivity contribution < 1.29 is 4.74 Å². The summed E-state index contributed by atoms with van der Waals surface area (Å²) in [6.07, 6.45) is 5.24. The molecular formula is C21H35N5O. The van der Waals surface area contributed by atoms with Crippen molar-refractivity contribution in [3.63, 3.8) is 0 Å². The Hall–Kier alpha value is -1.95. The summed E-state index contributed by atoms with van der Waals surface area (Å²) in [5.41, 5.74) is 1.24. The number of methoxy groups -OCH3 is 1. The van der Waals surface area contributed by atoms with Crippen molar-refractivity contribution in [1.29, 1.82) is 0 Å². The van der Waals surface area contributed by atoms with Crippen LogP contribution in [0.15, 0.2) is 29.3 Å². The molecule has 1 N–H and O–H groups in total. The first-order chi connectivity index (χ1) is 13.3. The van der Waals surface area contributed by atoms with Crippen LogP contribution in [0.2, 0.25) is 0 Å². The van der Waals surface area contributed by atoms with Crippen molar-refractivity contribution in [3.8, 4) is 5.75 Å². The maximum absolute atomic E-state index is 5.35. The zero-order valence-corrected chi connectivity index (χ0v) is 17.0. The van der Waals surface area contributed by atoms with Crippen LogP contribution in [0.25, 0.3) is 0 Å². The summed E-state index contributed by atoms with van der Waals surface area (Å²) in [6.45, 7) is 8.84. The summed E-state index contributed by atoms with van der Waals surface area (Å²) in [4.78, 5) is 11.9. The minimum atomic E-state index is 0.918. The number of rotatable bonds is 7. The van der Waals surface area contributed by atoms with Crippen LogP contribution in [0.1, 0.15) is 25.7 Å². The number of likely N-dealkylation sites (tertiary alicyclic amines) is 1. The Kier molecular flexibility index (Phi) is 7.63. The van der Waals surface area contributed by atoms with Gasteiger partial charge in [-0.15, -0.1) is 0 Å². The molecule has 3 rings (SSSR count). The summed E-state index contributed by atoms with van der Waals surface area (Å²) < 4.78 is 5.35. The summed E-state index contributed by atoms with van der Waals surface area (Å²) >= 11 is 0. The topological polar surface area (TPSA) is 43.3 Å². The monoisotopic (exact) mass is 373 g/mol. The molecule has 0 unspecified atom stereocenters. The number of ether oxygens (including phenoxy) is 1. The van der Waals surface area contributed by atoms with Crippen LogP contribution in [0.4, 0.5) is 5.69 Å². The Balaban J connectivity index is 1.37. The Morgan fingerprint density at radius 1 is 1.07 bits per heavy atom. The van der Waals surface area contributed by atoms with E-state index in [9.17, 15) is 0 Å². The SMILES string of the molecule is CN=C(NCCCCN1CCCC1)N1CCN(c2cccc(OC)c2)CC1. The quantitative estimate of drug-likeness (QED) is 0.451. The van der Waals surface area contributed by atoms with Crippen LogP contribution in [-0.4, -0.2) is 82.3 Å². The molecule has 0 amide bonds. The molecule has 1 aromatic rings. The van der Waals surface area contributed by atoms with Gasteiger partial charge in [0, 0.05) is 51.5 Å². The smallest absolute Gasteiger partial charge is 0.193 e. The van der Waals surface area contributed by atoms with Gasteiger partial charge in [0.05, 0.1) is 7.11 Å². The molecule has 0 aliphatic carbocycles. The van der Waals surface area contributed by atoms with E-state index in [1.165, 1.54) is 51.0 Å². The summed E-state index contributed by atoms with van der Waals surface area (Å²) in [7, 11) is 3.61. The minimum Gasteiger partial charge on any atom is -0.497 e. The molecule has 6 nitrogen and oxygen atoms in total. The van der Waals surface area contributed by atoms with E-state index < -0.39 is 0 Å². The number of guanidine groups is 1. The molecule has 150 valence electrons. The number of benzene rings is 1. The van der Waals surface area contributed by atoms with E-state index >= 15 is 0 Å². The van der Waals surface area contributed by atoms with Gasteiger partial charge in [0.15, 0.2) is 5.96 Å². The molecule has 2 heterocycles. The van der Waals surface area contributed by atoms with Crippen LogP contribution in [0.3, 0.4) is 0 Å². The second-order valence-corrected chi connectivity index (χ2v) is 7.41.